The summed E-state index contributed by atoms with van der Waals surface area (Å²) in [7, 11) is 1.53. The molecule has 0 aliphatic carbocycles. The Morgan fingerprint density at radius 3 is 1.86 bits per heavy atom. The third kappa shape index (κ3) is 4.67. The molecule has 0 bridgehead atoms. The van der Waals surface area contributed by atoms with Crippen LogP contribution in [-0.2, 0) is 9.47 Å². The van der Waals surface area contributed by atoms with Crippen LogP contribution in [0.2, 0.25) is 0 Å². The van der Waals surface area contributed by atoms with E-state index in [1.54, 1.807) is 45.9 Å². The molecule has 1 aromatic heterocycles. The molecule has 0 radical (unpaired) electrons. The molecule has 7 nitrogen and oxygen atoms in total. The largest absolute Gasteiger partial charge is 0.493 e. The van der Waals surface area contributed by atoms with Crippen molar-refractivity contribution in [3.8, 4) is 22.6 Å². The van der Waals surface area contributed by atoms with Gasteiger partial charge in [-0.25, -0.2) is 9.59 Å². The van der Waals surface area contributed by atoms with Crippen LogP contribution >= 0.6 is 0 Å². The summed E-state index contributed by atoms with van der Waals surface area (Å²) in [4.78, 5) is 29.9. The van der Waals surface area contributed by atoms with Gasteiger partial charge < -0.3 is 18.9 Å². The number of carbonyl (C=O) groups excluding carboxylic acids is 2. The molecule has 0 aliphatic rings. The van der Waals surface area contributed by atoms with Crippen LogP contribution in [0.25, 0.3) is 11.1 Å². The van der Waals surface area contributed by atoms with Gasteiger partial charge in [0.25, 0.3) is 0 Å². The van der Waals surface area contributed by atoms with Crippen LogP contribution in [-0.4, -0.2) is 43.9 Å². The second-order valence-electron chi connectivity index (χ2n) is 6.15. The molecule has 0 unspecified atom stereocenters. The lowest BCUT2D eigenvalue weighted by Crippen LogP contribution is -2.17. The van der Waals surface area contributed by atoms with E-state index in [1.807, 2.05) is 6.92 Å². The van der Waals surface area contributed by atoms with Gasteiger partial charge in [-0.05, 0) is 52.3 Å². The summed E-state index contributed by atoms with van der Waals surface area (Å²) < 4.78 is 21.5. The Hall–Kier alpha value is -3.09. The SMILES string of the molecule is CCOC(=O)c1c(C)nc(C)c(C(=O)OCC)c1-c1ccc(OCC)c(OC)c1. The number of aromatic nitrogens is 1. The number of ether oxygens (including phenoxy) is 4. The lowest BCUT2D eigenvalue weighted by atomic mass is 9.92. The molecule has 1 heterocycles. The topological polar surface area (TPSA) is 84.0 Å². The summed E-state index contributed by atoms with van der Waals surface area (Å²) in [6.45, 7) is 9.63. The van der Waals surface area contributed by atoms with Gasteiger partial charge in [-0.2, -0.15) is 0 Å². The molecular weight excluding hydrogens is 374 g/mol. The van der Waals surface area contributed by atoms with E-state index in [-0.39, 0.29) is 24.3 Å². The summed E-state index contributed by atoms with van der Waals surface area (Å²) in [5, 5.41) is 0. The second-order valence-corrected chi connectivity index (χ2v) is 6.15. The molecule has 0 saturated heterocycles. The molecule has 0 N–H and O–H groups in total. The molecule has 29 heavy (non-hydrogen) atoms. The fourth-order valence-electron chi connectivity index (χ4n) is 3.14. The van der Waals surface area contributed by atoms with Gasteiger partial charge >= 0.3 is 11.9 Å². The number of rotatable bonds is 8. The summed E-state index contributed by atoms with van der Waals surface area (Å²) in [5.41, 5.74) is 2.41. The lowest BCUT2D eigenvalue weighted by Gasteiger charge is -2.19. The van der Waals surface area contributed by atoms with Crippen LogP contribution in [0.4, 0.5) is 0 Å². The van der Waals surface area contributed by atoms with Gasteiger partial charge in [0.05, 0.1) is 49.4 Å². The highest BCUT2D eigenvalue weighted by Crippen LogP contribution is 2.37. The lowest BCUT2D eigenvalue weighted by molar-refractivity contribution is 0.0525. The Morgan fingerprint density at radius 1 is 0.862 bits per heavy atom. The normalized spacial score (nSPS) is 10.4. The highest BCUT2D eigenvalue weighted by atomic mass is 16.5. The molecule has 0 spiro atoms. The van der Waals surface area contributed by atoms with Gasteiger partial charge in [0.1, 0.15) is 0 Å². The van der Waals surface area contributed by atoms with Crippen molar-refractivity contribution in [1.82, 2.24) is 4.98 Å². The quantitative estimate of drug-likeness (QED) is 0.615. The van der Waals surface area contributed by atoms with Crippen molar-refractivity contribution < 1.29 is 28.5 Å². The minimum absolute atomic E-state index is 0.201. The van der Waals surface area contributed by atoms with Crippen molar-refractivity contribution in [2.45, 2.75) is 34.6 Å². The molecule has 2 aromatic rings. The van der Waals surface area contributed by atoms with Gasteiger partial charge in [-0.3, -0.25) is 4.98 Å². The molecule has 156 valence electrons. The predicted molar refractivity (Wildman–Crippen MR) is 109 cm³/mol. The summed E-state index contributed by atoms with van der Waals surface area (Å²) in [6.07, 6.45) is 0. The average Bonchev–Trinajstić information content (AvgIpc) is 2.68. The van der Waals surface area contributed by atoms with Crippen LogP contribution < -0.4 is 9.47 Å². The smallest absolute Gasteiger partial charge is 0.340 e. The van der Waals surface area contributed by atoms with Crippen molar-refractivity contribution in [2.24, 2.45) is 0 Å². The van der Waals surface area contributed by atoms with Crippen molar-refractivity contribution >= 4 is 11.9 Å². The van der Waals surface area contributed by atoms with Gasteiger partial charge in [0.2, 0.25) is 0 Å². The van der Waals surface area contributed by atoms with E-state index in [2.05, 4.69) is 4.98 Å². The maximum absolute atomic E-state index is 12.8. The van der Waals surface area contributed by atoms with E-state index in [1.165, 1.54) is 7.11 Å². The van der Waals surface area contributed by atoms with Crippen molar-refractivity contribution in [3.63, 3.8) is 0 Å². The van der Waals surface area contributed by atoms with Crippen molar-refractivity contribution in [1.29, 1.82) is 0 Å². The van der Waals surface area contributed by atoms with Gasteiger partial charge in [0, 0.05) is 5.56 Å². The zero-order chi connectivity index (χ0) is 21.6. The number of hydrogen-bond donors (Lipinski definition) is 0. The molecule has 7 heteroatoms. The highest BCUT2D eigenvalue weighted by Gasteiger charge is 2.28. The third-order valence-corrected chi connectivity index (χ3v) is 4.27. The predicted octanol–water partition coefficient (Wildman–Crippen LogP) is 4.13. The molecule has 0 aliphatic heterocycles. The molecule has 0 amide bonds. The molecule has 0 saturated carbocycles. The van der Waals surface area contributed by atoms with Crippen LogP contribution in [0.5, 0.6) is 11.5 Å². The highest BCUT2D eigenvalue weighted by molar-refractivity contribution is 6.07. The molecule has 0 atom stereocenters. The number of benzene rings is 1. The zero-order valence-electron chi connectivity index (χ0n) is 17.8. The first kappa shape index (κ1) is 22.2. The zero-order valence-corrected chi connectivity index (χ0v) is 17.8. The summed E-state index contributed by atoms with van der Waals surface area (Å²) >= 11 is 0. The Balaban J connectivity index is 2.85. The van der Waals surface area contributed by atoms with Crippen molar-refractivity contribution in [2.75, 3.05) is 26.9 Å². The Labute approximate surface area is 170 Å². The van der Waals surface area contributed by atoms with E-state index in [0.29, 0.717) is 40.6 Å². The number of methoxy groups -OCH3 is 1. The summed E-state index contributed by atoms with van der Waals surface area (Å²) in [6, 6.07) is 5.24. The van der Waals surface area contributed by atoms with Gasteiger partial charge in [-0.15, -0.1) is 0 Å². The number of aryl methyl sites for hydroxylation is 2. The fraction of sp³-hybridized carbons (Fsp3) is 0.409. The molecule has 1 aromatic carbocycles. The van der Waals surface area contributed by atoms with Crippen LogP contribution in [0, 0.1) is 13.8 Å². The number of esters is 2. The molecular formula is C22H27NO6. The minimum atomic E-state index is -0.550. The Kier molecular flexibility index (Phi) is 7.59. The number of carbonyl (C=O) groups is 2. The van der Waals surface area contributed by atoms with E-state index in [9.17, 15) is 9.59 Å². The Morgan fingerprint density at radius 2 is 1.41 bits per heavy atom. The minimum Gasteiger partial charge on any atom is -0.493 e. The number of hydrogen-bond acceptors (Lipinski definition) is 7. The Bertz CT molecular complexity index is 864. The maximum atomic E-state index is 12.8. The van der Waals surface area contributed by atoms with E-state index in [0.717, 1.165) is 0 Å². The second kappa shape index (κ2) is 9.91. The van der Waals surface area contributed by atoms with E-state index >= 15 is 0 Å². The monoisotopic (exact) mass is 401 g/mol. The molecule has 2 rings (SSSR count). The van der Waals surface area contributed by atoms with Crippen LogP contribution in [0.1, 0.15) is 52.9 Å². The van der Waals surface area contributed by atoms with Crippen LogP contribution in [0.3, 0.4) is 0 Å². The van der Waals surface area contributed by atoms with Crippen LogP contribution in [0.15, 0.2) is 18.2 Å². The van der Waals surface area contributed by atoms with Gasteiger partial charge in [0.15, 0.2) is 11.5 Å². The number of nitrogens with zero attached hydrogens (tertiary/aromatic N) is 1. The fourth-order valence-corrected chi connectivity index (χ4v) is 3.14. The van der Waals surface area contributed by atoms with Gasteiger partial charge in [-0.1, -0.05) is 6.07 Å². The van der Waals surface area contributed by atoms with E-state index in [4.69, 9.17) is 18.9 Å². The van der Waals surface area contributed by atoms with E-state index < -0.39 is 11.9 Å². The standard InChI is InChI=1S/C22H27NO6/c1-7-27-16-11-10-15(12-17(16)26-6)20-18(21(24)28-8-2)13(4)23-14(5)19(20)22(25)29-9-3/h10-12H,7-9H2,1-6H3. The molecule has 0 fully saturated rings. The number of pyridine rings is 1. The summed E-state index contributed by atoms with van der Waals surface area (Å²) in [5.74, 6) is -0.0468. The average molecular weight is 401 g/mol. The third-order valence-electron chi connectivity index (χ3n) is 4.27. The first-order valence-corrected chi connectivity index (χ1v) is 9.56. The maximum Gasteiger partial charge on any atom is 0.340 e. The first-order valence-electron chi connectivity index (χ1n) is 9.56. The first-order chi connectivity index (χ1) is 13.9. The van der Waals surface area contributed by atoms with Crippen molar-refractivity contribution in [3.05, 3.63) is 40.7 Å².